The third kappa shape index (κ3) is 2.62. The number of hydrogen-bond acceptors (Lipinski definition) is 3. The molecule has 0 spiro atoms. The molecule has 0 bridgehead atoms. The van der Waals surface area contributed by atoms with Crippen LogP contribution in [-0.2, 0) is 4.79 Å². The van der Waals surface area contributed by atoms with E-state index in [9.17, 15) is 4.79 Å². The van der Waals surface area contributed by atoms with Crippen molar-refractivity contribution in [1.82, 2.24) is 5.32 Å². The summed E-state index contributed by atoms with van der Waals surface area (Å²) >= 11 is 0. The van der Waals surface area contributed by atoms with Gasteiger partial charge < -0.3 is 14.8 Å². The van der Waals surface area contributed by atoms with Crippen molar-refractivity contribution in [3.63, 3.8) is 0 Å². The topological polar surface area (TPSA) is 47.6 Å². The fraction of sp³-hybridized carbons (Fsp3) is 0.421. The molecule has 4 heteroatoms. The molecule has 2 aliphatic heterocycles. The van der Waals surface area contributed by atoms with Crippen molar-refractivity contribution in [2.45, 2.75) is 51.6 Å². The van der Waals surface area contributed by atoms with E-state index in [1.54, 1.807) is 0 Å². The van der Waals surface area contributed by atoms with Gasteiger partial charge in [0.05, 0.1) is 0 Å². The zero-order chi connectivity index (χ0) is 16.0. The first-order valence-corrected chi connectivity index (χ1v) is 8.34. The lowest BCUT2D eigenvalue weighted by atomic mass is 10.0. The van der Waals surface area contributed by atoms with Crippen LogP contribution in [0.15, 0.2) is 41.3 Å². The summed E-state index contributed by atoms with van der Waals surface area (Å²) in [5.41, 5.74) is 3.26. The molecule has 1 fully saturated rings. The third-order valence-electron chi connectivity index (χ3n) is 4.69. The SMILES string of the molecule is CC/C=C(/Oc1ccc2c(c1)[C@H]1C[C@H]1O2)C1=C(C)NC(=O)CC1. The molecular weight excluding hydrogens is 290 g/mol. The number of carbonyl (C=O) groups is 1. The van der Waals surface area contributed by atoms with Crippen LogP contribution in [-0.4, -0.2) is 12.0 Å². The molecule has 0 aromatic heterocycles. The molecule has 1 amide bonds. The summed E-state index contributed by atoms with van der Waals surface area (Å²) in [4.78, 5) is 11.5. The molecule has 1 N–H and O–H groups in total. The number of rotatable bonds is 4. The van der Waals surface area contributed by atoms with Crippen LogP contribution in [0.2, 0.25) is 0 Å². The molecule has 1 aromatic rings. The molecule has 2 heterocycles. The first-order chi connectivity index (χ1) is 11.2. The molecule has 2 atom stereocenters. The summed E-state index contributed by atoms with van der Waals surface area (Å²) in [6, 6.07) is 6.07. The van der Waals surface area contributed by atoms with E-state index in [1.165, 1.54) is 5.56 Å². The summed E-state index contributed by atoms with van der Waals surface area (Å²) in [6.07, 6.45) is 5.73. The number of hydrogen-bond donors (Lipinski definition) is 1. The zero-order valence-electron chi connectivity index (χ0n) is 13.5. The van der Waals surface area contributed by atoms with Crippen LogP contribution in [0.4, 0.5) is 0 Å². The van der Waals surface area contributed by atoms with Crippen molar-refractivity contribution < 1.29 is 14.3 Å². The Labute approximate surface area is 136 Å². The van der Waals surface area contributed by atoms with Gasteiger partial charge >= 0.3 is 0 Å². The van der Waals surface area contributed by atoms with Gasteiger partial charge in [-0.2, -0.15) is 0 Å². The predicted octanol–water partition coefficient (Wildman–Crippen LogP) is 3.79. The van der Waals surface area contributed by atoms with Gasteiger partial charge in [0.25, 0.3) is 0 Å². The van der Waals surface area contributed by atoms with E-state index < -0.39 is 0 Å². The monoisotopic (exact) mass is 311 g/mol. The van der Waals surface area contributed by atoms with Crippen molar-refractivity contribution in [2.24, 2.45) is 0 Å². The van der Waals surface area contributed by atoms with E-state index in [2.05, 4.69) is 24.4 Å². The molecule has 23 heavy (non-hydrogen) atoms. The van der Waals surface area contributed by atoms with Crippen LogP contribution in [0.5, 0.6) is 11.5 Å². The summed E-state index contributed by atoms with van der Waals surface area (Å²) in [5, 5.41) is 2.91. The Hall–Kier alpha value is -2.23. The Kier molecular flexibility index (Phi) is 3.40. The number of allylic oxidation sites excluding steroid dienone is 3. The van der Waals surface area contributed by atoms with Crippen LogP contribution in [0, 0.1) is 0 Å². The largest absolute Gasteiger partial charge is 0.489 e. The van der Waals surface area contributed by atoms with Gasteiger partial charge in [-0.25, -0.2) is 0 Å². The Bertz CT molecular complexity index is 732. The van der Waals surface area contributed by atoms with E-state index in [4.69, 9.17) is 9.47 Å². The number of benzene rings is 1. The van der Waals surface area contributed by atoms with Crippen molar-refractivity contribution >= 4 is 5.91 Å². The number of nitrogens with one attached hydrogen (secondary N) is 1. The van der Waals surface area contributed by atoms with E-state index in [-0.39, 0.29) is 5.91 Å². The van der Waals surface area contributed by atoms with Crippen molar-refractivity contribution in [1.29, 1.82) is 0 Å². The van der Waals surface area contributed by atoms with Gasteiger partial charge in [0.15, 0.2) is 0 Å². The maximum atomic E-state index is 11.5. The third-order valence-corrected chi connectivity index (χ3v) is 4.69. The van der Waals surface area contributed by atoms with Gasteiger partial charge in [-0.1, -0.05) is 6.92 Å². The van der Waals surface area contributed by atoms with Crippen molar-refractivity contribution in [3.05, 3.63) is 46.9 Å². The second-order valence-corrected chi connectivity index (χ2v) is 6.43. The highest BCUT2D eigenvalue weighted by atomic mass is 16.5. The van der Waals surface area contributed by atoms with Crippen LogP contribution >= 0.6 is 0 Å². The Morgan fingerprint density at radius 2 is 2.30 bits per heavy atom. The first kappa shape index (κ1) is 14.4. The molecule has 0 radical (unpaired) electrons. The Balaban J connectivity index is 1.60. The second kappa shape index (κ2) is 5.44. The molecule has 120 valence electrons. The van der Waals surface area contributed by atoms with Crippen molar-refractivity contribution in [3.8, 4) is 11.5 Å². The fourth-order valence-corrected chi connectivity index (χ4v) is 3.40. The fourth-order valence-electron chi connectivity index (χ4n) is 3.40. The van der Waals surface area contributed by atoms with Gasteiger partial charge in [-0.3, -0.25) is 4.79 Å². The number of fused-ring (bicyclic) bond motifs is 3. The van der Waals surface area contributed by atoms with Crippen LogP contribution < -0.4 is 14.8 Å². The maximum Gasteiger partial charge on any atom is 0.224 e. The Morgan fingerprint density at radius 1 is 1.43 bits per heavy atom. The highest BCUT2D eigenvalue weighted by Crippen LogP contribution is 2.54. The first-order valence-electron chi connectivity index (χ1n) is 8.34. The quantitative estimate of drug-likeness (QED) is 0.861. The van der Waals surface area contributed by atoms with E-state index >= 15 is 0 Å². The summed E-state index contributed by atoms with van der Waals surface area (Å²) < 4.78 is 12.0. The zero-order valence-corrected chi connectivity index (χ0v) is 13.5. The summed E-state index contributed by atoms with van der Waals surface area (Å²) in [5.74, 6) is 3.34. The molecule has 1 aromatic carbocycles. The van der Waals surface area contributed by atoms with Gasteiger partial charge in [-0.15, -0.1) is 0 Å². The minimum absolute atomic E-state index is 0.0801. The van der Waals surface area contributed by atoms with E-state index in [0.29, 0.717) is 18.4 Å². The lowest BCUT2D eigenvalue weighted by molar-refractivity contribution is -0.120. The molecule has 4 rings (SSSR count). The molecule has 1 aliphatic carbocycles. The summed E-state index contributed by atoms with van der Waals surface area (Å²) in [7, 11) is 0. The average Bonchev–Trinajstić information content (AvgIpc) is 3.20. The van der Waals surface area contributed by atoms with Crippen LogP contribution in [0.25, 0.3) is 0 Å². The van der Waals surface area contributed by atoms with Gasteiger partial charge in [0.1, 0.15) is 23.4 Å². The predicted molar refractivity (Wildman–Crippen MR) is 87.3 cm³/mol. The molecule has 3 aliphatic rings. The number of carbonyl (C=O) groups excluding carboxylic acids is 1. The number of ether oxygens (including phenoxy) is 2. The second-order valence-electron chi connectivity index (χ2n) is 6.43. The van der Waals surface area contributed by atoms with Gasteiger partial charge in [0.2, 0.25) is 5.91 Å². The molecule has 1 saturated carbocycles. The Morgan fingerprint density at radius 3 is 3.09 bits per heavy atom. The summed E-state index contributed by atoms with van der Waals surface area (Å²) in [6.45, 7) is 4.02. The smallest absolute Gasteiger partial charge is 0.224 e. The molecule has 0 saturated heterocycles. The molecule has 4 nitrogen and oxygen atoms in total. The van der Waals surface area contributed by atoms with Crippen LogP contribution in [0.3, 0.4) is 0 Å². The van der Waals surface area contributed by atoms with E-state index in [1.807, 2.05) is 19.1 Å². The highest BCUT2D eigenvalue weighted by Gasteiger charge is 2.48. The minimum atomic E-state index is 0.0801. The minimum Gasteiger partial charge on any atom is -0.489 e. The molecule has 0 unspecified atom stereocenters. The van der Waals surface area contributed by atoms with E-state index in [0.717, 1.165) is 47.8 Å². The number of amides is 1. The average molecular weight is 311 g/mol. The standard InChI is InChI=1S/C19H21NO3/c1-3-4-16(13-6-8-19(21)20-11(13)2)22-12-5-7-17-14(9-12)15-10-18(15)23-17/h4-5,7,9,15,18H,3,6,8,10H2,1-2H3,(H,20,21)/b16-4+/t15-,18-/m1/s1. The van der Waals surface area contributed by atoms with Crippen LogP contribution in [0.1, 0.15) is 51.0 Å². The molecular formula is C19H21NO3. The maximum absolute atomic E-state index is 11.5. The van der Waals surface area contributed by atoms with Gasteiger partial charge in [-0.05, 0) is 50.5 Å². The highest BCUT2D eigenvalue weighted by molar-refractivity contribution is 5.80. The lowest BCUT2D eigenvalue weighted by Gasteiger charge is -2.21. The normalized spacial score (nSPS) is 25.5. The lowest BCUT2D eigenvalue weighted by Crippen LogP contribution is -2.27. The van der Waals surface area contributed by atoms with Gasteiger partial charge in [0, 0.05) is 29.2 Å². The van der Waals surface area contributed by atoms with Crippen molar-refractivity contribution in [2.75, 3.05) is 0 Å².